The molecule has 0 fully saturated rings. The Morgan fingerprint density at radius 3 is 2.55 bits per heavy atom. The number of hydrogen-bond donors (Lipinski definition) is 2. The largest absolute Gasteiger partial charge is 0.379 e. The van der Waals surface area contributed by atoms with Crippen LogP contribution in [0.3, 0.4) is 0 Å². The van der Waals surface area contributed by atoms with E-state index in [1.807, 2.05) is 0 Å². The van der Waals surface area contributed by atoms with Gasteiger partial charge in [0.1, 0.15) is 11.5 Å². The van der Waals surface area contributed by atoms with Crippen LogP contribution < -0.4 is 10.0 Å². The third-order valence-corrected chi connectivity index (χ3v) is 3.24. The third kappa shape index (κ3) is 5.10. The molecule has 0 aliphatic rings. The molecule has 9 heteroatoms. The minimum absolute atomic E-state index is 0.216. The smallest absolute Gasteiger partial charge is 0.295 e. The van der Waals surface area contributed by atoms with Crippen molar-refractivity contribution in [2.24, 2.45) is 0 Å². The molecule has 0 aromatic heterocycles. The Hall–Kier alpha value is -1.74. The van der Waals surface area contributed by atoms with Crippen LogP contribution in [0.2, 0.25) is 0 Å². The van der Waals surface area contributed by atoms with Crippen LogP contribution in [0.1, 0.15) is 12.0 Å². The van der Waals surface area contributed by atoms with Gasteiger partial charge in [-0.1, -0.05) is 0 Å². The van der Waals surface area contributed by atoms with Gasteiger partial charge in [0.15, 0.2) is 0 Å². The highest BCUT2D eigenvalue weighted by molar-refractivity contribution is 7.88. The average molecular weight is 305 g/mol. The van der Waals surface area contributed by atoms with E-state index in [1.54, 1.807) is 0 Å². The van der Waals surface area contributed by atoms with Crippen molar-refractivity contribution in [1.29, 1.82) is 0 Å². The lowest BCUT2D eigenvalue weighted by Gasteiger charge is -2.08. The van der Waals surface area contributed by atoms with E-state index in [-0.39, 0.29) is 17.9 Å². The summed E-state index contributed by atoms with van der Waals surface area (Å²) in [5.74, 6) is -0.638. The number of benzene rings is 1. The molecule has 1 rings (SSSR count). The van der Waals surface area contributed by atoms with Crippen LogP contribution in [0.5, 0.6) is 0 Å². The first-order chi connectivity index (χ1) is 9.20. The summed E-state index contributed by atoms with van der Waals surface area (Å²) in [6.07, 6.45) is 1.50. The van der Waals surface area contributed by atoms with Gasteiger partial charge in [-0.2, -0.15) is 0 Å². The zero-order chi connectivity index (χ0) is 15.3. The zero-order valence-corrected chi connectivity index (χ0v) is 12.0. The van der Waals surface area contributed by atoms with E-state index >= 15 is 0 Å². The normalized spacial score (nSPS) is 11.3. The third-order valence-electron chi connectivity index (χ3n) is 2.51. The van der Waals surface area contributed by atoms with Gasteiger partial charge in [0.25, 0.3) is 5.69 Å². The number of nitro groups is 1. The second kappa shape index (κ2) is 6.62. The van der Waals surface area contributed by atoms with Crippen LogP contribution >= 0.6 is 0 Å². The molecular formula is C11H16FN3O4S. The Morgan fingerprint density at radius 1 is 1.35 bits per heavy atom. The minimum atomic E-state index is -3.24. The molecule has 0 saturated carbocycles. The molecule has 0 amide bonds. The molecule has 0 bridgehead atoms. The van der Waals surface area contributed by atoms with Gasteiger partial charge in [-0.25, -0.2) is 17.5 Å². The predicted octanol–water partition coefficient (Wildman–Crippen LogP) is 1.39. The number of nitro benzene ring substituents is 1. The van der Waals surface area contributed by atoms with Crippen LogP contribution in [0.4, 0.5) is 15.8 Å². The van der Waals surface area contributed by atoms with Gasteiger partial charge in [-0.3, -0.25) is 10.1 Å². The van der Waals surface area contributed by atoms with Crippen LogP contribution in [0, 0.1) is 22.9 Å². The maximum atomic E-state index is 13.3. The fourth-order valence-corrected chi connectivity index (χ4v) is 2.05. The molecule has 0 spiro atoms. The number of nitrogens with one attached hydrogen (secondary N) is 2. The van der Waals surface area contributed by atoms with Crippen molar-refractivity contribution < 1.29 is 17.7 Å². The molecule has 1 aromatic rings. The Kier molecular flexibility index (Phi) is 5.40. The van der Waals surface area contributed by atoms with Gasteiger partial charge in [0.05, 0.1) is 17.2 Å². The first-order valence-electron chi connectivity index (χ1n) is 5.84. The van der Waals surface area contributed by atoms with Gasteiger partial charge in [-0.15, -0.1) is 0 Å². The summed E-state index contributed by atoms with van der Waals surface area (Å²) in [7, 11) is -3.24. The summed E-state index contributed by atoms with van der Waals surface area (Å²) in [4.78, 5) is 10.1. The molecule has 0 saturated heterocycles. The summed E-state index contributed by atoms with van der Waals surface area (Å²) < 4.78 is 37.2. The topological polar surface area (TPSA) is 101 Å². The summed E-state index contributed by atoms with van der Waals surface area (Å²) in [6.45, 7) is 2.06. The Morgan fingerprint density at radius 2 is 2.00 bits per heavy atom. The van der Waals surface area contributed by atoms with Crippen LogP contribution in [0.15, 0.2) is 12.1 Å². The molecule has 2 N–H and O–H groups in total. The number of aryl methyl sites for hydroxylation is 1. The van der Waals surface area contributed by atoms with Crippen molar-refractivity contribution in [2.45, 2.75) is 13.3 Å². The number of anilines is 1. The average Bonchev–Trinajstić information content (AvgIpc) is 2.31. The molecule has 1 aromatic carbocycles. The lowest BCUT2D eigenvalue weighted by atomic mass is 10.1. The van der Waals surface area contributed by atoms with E-state index < -0.39 is 20.8 Å². The highest BCUT2D eigenvalue weighted by atomic mass is 32.2. The fraction of sp³-hybridized carbons (Fsp3) is 0.455. The molecule has 0 heterocycles. The number of sulfonamides is 1. The summed E-state index contributed by atoms with van der Waals surface area (Å²) in [5, 5.41) is 13.6. The molecule has 0 aliphatic heterocycles. The van der Waals surface area contributed by atoms with Crippen LogP contribution in [-0.4, -0.2) is 32.7 Å². The zero-order valence-electron chi connectivity index (χ0n) is 11.1. The molecule has 0 atom stereocenters. The monoisotopic (exact) mass is 305 g/mol. The SMILES string of the molecule is Cc1cc(NCCCNS(C)(=O)=O)c([N+](=O)[O-])cc1F. The molecule has 0 unspecified atom stereocenters. The predicted molar refractivity (Wildman–Crippen MR) is 73.7 cm³/mol. The van der Waals surface area contributed by atoms with Crippen LogP contribution in [0.25, 0.3) is 0 Å². The van der Waals surface area contributed by atoms with Crippen molar-refractivity contribution in [2.75, 3.05) is 24.7 Å². The van der Waals surface area contributed by atoms with Gasteiger partial charge >= 0.3 is 0 Å². The first-order valence-corrected chi connectivity index (χ1v) is 7.73. The van der Waals surface area contributed by atoms with Gasteiger partial charge < -0.3 is 5.32 Å². The van der Waals surface area contributed by atoms with Crippen molar-refractivity contribution in [1.82, 2.24) is 4.72 Å². The van der Waals surface area contributed by atoms with Crippen molar-refractivity contribution in [3.63, 3.8) is 0 Å². The lowest BCUT2D eigenvalue weighted by molar-refractivity contribution is -0.384. The second-order valence-electron chi connectivity index (χ2n) is 4.32. The fourth-order valence-electron chi connectivity index (χ4n) is 1.53. The van der Waals surface area contributed by atoms with E-state index in [1.165, 1.54) is 13.0 Å². The van der Waals surface area contributed by atoms with E-state index in [9.17, 15) is 22.9 Å². The van der Waals surface area contributed by atoms with Crippen molar-refractivity contribution in [3.05, 3.63) is 33.6 Å². The highest BCUT2D eigenvalue weighted by Crippen LogP contribution is 2.27. The minimum Gasteiger partial charge on any atom is -0.379 e. The molecular weight excluding hydrogens is 289 g/mol. The number of hydrogen-bond acceptors (Lipinski definition) is 5. The van der Waals surface area contributed by atoms with E-state index in [4.69, 9.17) is 0 Å². The standard InChI is InChI=1S/C11H16FN3O4S/c1-8-6-10(11(15(16)17)7-9(8)12)13-4-3-5-14-20(2,18)19/h6-7,13-14H,3-5H2,1-2H3. The molecule has 0 radical (unpaired) electrons. The molecule has 0 aliphatic carbocycles. The maximum Gasteiger partial charge on any atom is 0.295 e. The van der Waals surface area contributed by atoms with Crippen molar-refractivity contribution in [3.8, 4) is 0 Å². The first kappa shape index (κ1) is 16.3. The maximum absolute atomic E-state index is 13.3. The summed E-state index contributed by atoms with van der Waals surface area (Å²) >= 11 is 0. The van der Waals surface area contributed by atoms with Crippen molar-refractivity contribution >= 4 is 21.4 Å². The van der Waals surface area contributed by atoms with E-state index in [2.05, 4.69) is 10.0 Å². The quantitative estimate of drug-likeness (QED) is 0.450. The molecule has 112 valence electrons. The second-order valence-corrected chi connectivity index (χ2v) is 6.16. The number of rotatable bonds is 7. The van der Waals surface area contributed by atoms with Gasteiger partial charge in [0.2, 0.25) is 10.0 Å². The number of halogens is 1. The van der Waals surface area contributed by atoms with Gasteiger partial charge in [-0.05, 0) is 25.0 Å². The van der Waals surface area contributed by atoms with E-state index in [0.29, 0.717) is 18.5 Å². The number of nitrogens with zero attached hydrogens (tertiary/aromatic N) is 1. The molecule has 20 heavy (non-hydrogen) atoms. The summed E-state index contributed by atoms with van der Waals surface area (Å²) in [5.41, 5.74) is 0.171. The highest BCUT2D eigenvalue weighted by Gasteiger charge is 2.16. The Labute approximate surface area is 116 Å². The Bertz CT molecular complexity index is 604. The Balaban J connectivity index is 2.64. The van der Waals surface area contributed by atoms with Crippen LogP contribution in [-0.2, 0) is 10.0 Å². The lowest BCUT2D eigenvalue weighted by Crippen LogP contribution is -2.24. The summed E-state index contributed by atoms with van der Waals surface area (Å²) in [6, 6.07) is 2.23. The molecule has 7 nitrogen and oxygen atoms in total. The van der Waals surface area contributed by atoms with E-state index in [0.717, 1.165) is 12.3 Å². The van der Waals surface area contributed by atoms with Gasteiger partial charge in [0, 0.05) is 13.1 Å².